The highest BCUT2D eigenvalue weighted by atomic mass is 35.5. The van der Waals surface area contributed by atoms with Crippen LogP contribution < -0.4 is 20.3 Å². The van der Waals surface area contributed by atoms with E-state index in [1.807, 2.05) is 0 Å². The molecule has 0 saturated carbocycles. The molecule has 3 aliphatic heterocycles. The number of piperazine rings is 1. The number of piperidine rings is 1. The van der Waals surface area contributed by atoms with Gasteiger partial charge in [0.15, 0.2) is 5.82 Å². The number of aromatic nitrogens is 2. The van der Waals surface area contributed by atoms with Crippen LogP contribution in [0.3, 0.4) is 0 Å². The summed E-state index contributed by atoms with van der Waals surface area (Å²) in [5.74, 6) is 1.80. The molecule has 3 aliphatic rings. The van der Waals surface area contributed by atoms with Crippen LogP contribution in [0, 0.1) is 0 Å². The predicted molar refractivity (Wildman–Crippen MR) is 186 cm³/mol. The van der Waals surface area contributed by atoms with Crippen molar-refractivity contribution in [3.8, 4) is 5.75 Å². The number of halogens is 1. The molecule has 12 heteroatoms. The number of likely N-dealkylation sites (N-methyl/N-ethyl adjacent to an activating group) is 1. The molecule has 1 aromatic carbocycles. The summed E-state index contributed by atoms with van der Waals surface area (Å²) in [4.78, 5) is 16.9. The summed E-state index contributed by atoms with van der Waals surface area (Å²) in [6.07, 6.45) is 4.91. The molecule has 0 bridgehead atoms. The normalized spacial score (nSPS) is 22.4. The average Bonchev–Trinajstić information content (AvgIpc) is 3.24. The summed E-state index contributed by atoms with van der Waals surface area (Å²) in [7, 11) is 3.59. The van der Waals surface area contributed by atoms with Crippen LogP contribution in [0.15, 0.2) is 18.3 Å². The van der Waals surface area contributed by atoms with Crippen molar-refractivity contribution in [1.29, 1.82) is 0 Å². The lowest BCUT2D eigenvalue weighted by Gasteiger charge is -2.43. The molecular weight excluding hydrogens is 589 g/mol. The van der Waals surface area contributed by atoms with Crippen LogP contribution in [-0.4, -0.2) is 104 Å². The third-order valence-electron chi connectivity index (χ3n) is 10.5. The molecule has 0 amide bonds. The molecule has 3 fully saturated rings. The van der Waals surface area contributed by atoms with E-state index in [2.05, 4.69) is 98.0 Å². The summed E-state index contributed by atoms with van der Waals surface area (Å²) >= 11 is 6.56. The number of hydrogen-bond donors (Lipinski definition) is 2. The molecular formula is C33H53BClN7O3. The summed E-state index contributed by atoms with van der Waals surface area (Å²) in [6.45, 7) is 21.5. The lowest BCUT2D eigenvalue weighted by Crippen LogP contribution is -2.52. The number of aryl methyl sites for hydroxylation is 1. The maximum absolute atomic E-state index is 6.56. The van der Waals surface area contributed by atoms with E-state index in [4.69, 9.17) is 30.6 Å². The Bertz CT molecular complexity index is 1300. The van der Waals surface area contributed by atoms with Crippen molar-refractivity contribution in [1.82, 2.24) is 19.8 Å². The number of hydrogen-bond acceptors (Lipinski definition) is 10. The molecule has 45 heavy (non-hydrogen) atoms. The fourth-order valence-electron chi connectivity index (χ4n) is 6.45. The molecule has 10 nitrogen and oxygen atoms in total. The van der Waals surface area contributed by atoms with Crippen molar-refractivity contribution in [3.05, 3.63) is 28.9 Å². The Hall–Kier alpha value is -2.31. The molecule has 248 valence electrons. The minimum Gasteiger partial charge on any atom is -0.494 e. The molecule has 3 saturated heterocycles. The van der Waals surface area contributed by atoms with Gasteiger partial charge in [-0.15, -0.1) is 0 Å². The molecule has 1 unspecified atom stereocenters. The standard InChI is InChI=1S/C33H53BClN7O3/c1-10-24-19-27(29(43-9)20-28(24)42-13-11-25(12-14-42)41-17-15-40(8)16-18-41)38-31-36-21-26(35)30(39-31)37-23(3)22(2)34-44-32(4,5)33(6,7)45-34/h19-23,25H,10-18H2,1-9H3,(H2,36,37,38,39)/t22?,23-/m1/s1. The molecule has 2 N–H and O–H groups in total. The van der Waals surface area contributed by atoms with Crippen molar-refractivity contribution >= 4 is 41.9 Å². The predicted octanol–water partition coefficient (Wildman–Crippen LogP) is 5.94. The van der Waals surface area contributed by atoms with Gasteiger partial charge in [0.25, 0.3) is 0 Å². The summed E-state index contributed by atoms with van der Waals surface area (Å²) in [5.41, 5.74) is 2.58. The largest absolute Gasteiger partial charge is 0.494 e. The van der Waals surface area contributed by atoms with Gasteiger partial charge >= 0.3 is 7.12 Å². The zero-order chi connectivity index (χ0) is 32.5. The maximum atomic E-state index is 6.56. The minimum absolute atomic E-state index is 0.0270. The molecule has 5 rings (SSSR count). The second-order valence-electron chi connectivity index (χ2n) is 14.0. The van der Waals surface area contributed by atoms with Crippen molar-refractivity contribution in [2.24, 2.45) is 0 Å². The van der Waals surface area contributed by atoms with E-state index in [0.29, 0.717) is 22.8 Å². The van der Waals surface area contributed by atoms with Crippen molar-refractivity contribution in [3.63, 3.8) is 0 Å². The van der Waals surface area contributed by atoms with Gasteiger partial charge in [0.1, 0.15) is 10.8 Å². The molecule has 1 aromatic heterocycles. The zero-order valence-corrected chi connectivity index (χ0v) is 29.5. The number of ether oxygens (including phenoxy) is 1. The van der Waals surface area contributed by atoms with E-state index in [1.165, 1.54) is 50.3 Å². The monoisotopic (exact) mass is 641 g/mol. The van der Waals surface area contributed by atoms with E-state index < -0.39 is 0 Å². The van der Waals surface area contributed by atoms with Crippen LogP contribution in [0.4, 0.5) is 23.1 Å². The van der Waals surface area contributed by atoms with Gasteiger partial charge in [-0.1, -0.05) is 25.4 Å². The fourth-order valence-corrected chi connectivity index (χ4v) is 6.60. The van der Waals surface area contributed by atoms with Crippen molar-refractivity contribution < 1.29 is 14.0 Å². The van der Waals surface area contributed by atoms with Crippen molar-refractivity contribution in [2.45, 2.75) is 96.8 Å². The molecule has 0 radical (unpaired) electrons. The van der Waals surface area contributed by atoms with Gasteiger partial charge in [-0.25, -0.2) is 4.98 Å². The summed E-state index contributed by atoms with van der Waals surface area (Å²) in [5, 5.41) is 7.33. The highest BCUT2D eigenvalue weighted by Crippen LogP contribution is 2.41. The highest BCUT2D eigenvalue weighted by Gasteiger charge is 2.53. The van der Waals surface area contributed by atoms with Crippen LogP contribution in [-0.2, 0) is 15.7 Å². The number of methoxy groups -OCH3 is 1. The number of nitrogens with zero attached hydrogens (tertiary/aromatic N) is 5. The summed E-state index contributed by atoms with van der Waals surface area (Å²) < 4.78 is 18.5. The lowest BCUT2D eigenvalue weighted by atomic mass is 9.69. The third-order valence-corrected chi connectivity index (χ3v) is 10.8. The second kappa shape index (κ2) is 13.8. The smallest absolute Gasteiger partial charge is 0.462 e. The van der Waals surface area contributed by atoms with E-state index >= 15 is 0 Å². The average molecular weight is 642 g/mol. The zero-order valence-electron chi connectivity index (χ0n) is 28.7. The Morgan fingerprint density at radius 2 is 1.69 bits per heavy atom. The highest BCUT2D eigenvalue weighted by molar-refractivity contribution is 6.47. The van der Waals surface area contributed by atoms with Gasteiger partial charge in [0, 0.05) is 68.9 Å². The van der Waals surface area contributed by atoms with Crippen LogP contribution in [0.25, 0.3) is 0 Å². The van der Waals surface area contributed by atoms with Gasteiger partial charge in [-0.2, -0.15) is 4.98 Å². The first-order valence-corrected chi connectivity index (χ1v) is 17.0. The number of nitrogens with one attached hydrogen (secondary N) is 2. The Morgan fingerprint density at radius 1 is 1.04 bits per heavy atom. The molecule has 0 spiro atoms. The maximum Gasteiger partial charge on any atom is 0.462 e. The fraction of sp³-hybridized carbons (Fsp3) is 0.697. The van der Waals surface area contributed by atoms with E-state index in [1.54, 1.807) is 13.3 Å². The summed E-state index contributed by atoms with van der Waals surface area (Å²) in [6, 6.07) is 4.99. The molecule has 2 atom stereocenters. The van der Waals surface area contributed by atoms with Gasteiger partial charge in [-0.3, -0.25) is 4.90 Å². The third kappa shape index (κ3) is 7.48. The Labute approximate surface area is 275 Å². The Balaban J connectivity index is 1.26. The molecule has 0 aliphatic carbocycles. The minimum atomic E-state index is -0.387. The van der Waals surface area contributed by atoms with Crippen LogP contribution >= 0.6 is 11.6 Å². The first-order chi connectivity index (χ1) is 21.3. The quantitative estimate of drug-likeness (QED) is 0.304. The van der Waals surface area contributed by atoms with Crippen molar-refractivity contribution in [2.75, 3.05) is 69.0 Å². The van der Waals surface area contributed by atoms with Crippen LogP contribution in [0.2, 0.25) is 10.8 Å². The van der Waals surface area contributed by atoms with Crippen LogP contribution in [0.5, 0.6) is 5.75 Å². The first kappa shape index (κ1) is 34.0. The molecule has 2 aromatic rings. The van der Waals surface area contributed by atoms with E-state index in [0.717, 1.165) is 30.9 Å². The second-order valence-corrected chi connectivity index (χ2v) is 14.4. The van der Waals surface area contributed by atoms with Gasteiger partial charge in [0.2, 0.25) is 5.95 Å². The topological polar surface area (TPSA) is 87.2 Å². The molecule has 4 heterocycles. The first-order valence-electron chi connectivity index (χ1n) is 16.6. The van der Waals surface area contributed by atoms with Gasteiger partial charge < -0.3 is 34.5 Å². The van der Waals surface area contributed by atoms with Gasteiger partial charge in [-0.05, 0) is 72.6 Å². The Kier molecular flexibility index (Phi) is 10.5. The van der Waals surface area contributed by atoms with Crippen LogP contribution in [0.1, 0.15) is 66.9 Å². The van der Waals surface area contributed by atoms with E-state index in [9.17, 15) is 0 Å². The number of benzene rings is 1. The van der Waals surface area contributed by atoms with E-state index in [-0.39, 0.29) is 30.2 Å². The number of anilines is 4. The van der Waals surface area contributed by atoms with Gasteiger partial charge in [0.05, 0.1) is 30.2 Å². The lowest BCUT2D eigenvalue weighted by molar-refractivity contribution is 0.00578. The SMILES string of the molecule is CCc1cc(Nc2ncc(Cl)c(N[C@H](C)C(C)B3OC(C)(C)C(C)(C)O3)n2)c(OC)cc1N1CCC(N2CCN(C)CC2)CC1. The Morgan fingerprint density at radius 3 is 2.29 bits per heavy atom. The number of rotatable bonds is 10.